The Morgan fingerprint density at radius 3 is 2.80 bits per heavy atom. The van der Waals surface area contributed by atoms with Crippen molar-refractivity contribution in [3.8, 4) is 0 Å². The Morgan fingerprint density at radius 1 is 1.33 bits per heavy atom. The minimum atomic E-state index is -0.156. The van der Waals surface area contributed by atoms with Crippen LogP contribution in [0.4, 0.5) is 0 Å². The van der Waals surface area contributed by atoms with Gasteiger partial charge in [-0.15, -0.1) is 0 Å². The normalized spacial score (nSPS) is 10.5. The molecule has 0 bridgehead atoms. The van der Waals surface area contributed by atoms with Crippen LogP contribution in [0, 0.1) is 0 Å². The van der Waals surface area contributed by atoms with E-state index in [1.807, 2.05) is 0 Å². The molecular formula is C11H8O3S. The van der Waals surface area contributed by atoms with E-state index in [2.05, 4.69) is 0 Å². The molecule has 2 aromatic rings. The van der Waals surface area contributed by atoms with Crippen LogP contribution in [0.3, 0.4) is 0 Å². The Morgan fingerprint density at radius 2 is 2.07 bits per heavy atom. The van der Waals surface area contributed by atoms with Gasteiger partial charge in [-0.3, -0.25) is 9.59 Å². The zero-order valence-corrected chi connectivity index (χ0v) is 8.84. The van der Waals surface area contributed by atoms with Crippen LogP contribution >= 0.6 is 11.8 Å². The lowest BCUT2D eigenvalue weighted by molar-refractivity contribution is -0.109. The molecule has 15 heavy (non-hydrogen) atoms. The third-order valence-electron chi connectivity index (χ3n) is 1.90. The standard InChI is InChI=1S/C11H8O3S/c1-7(12)15-10-6-14-9-5-3-2-4-8(9)11(10)13/h2-6H,1H3. The van der Waals surface area contributed by atoms with Gasteiger partial charge in [-0.1, -0.05) is 12.1 Å². The number of thioether (sulfide) groups is 1. The van der Waals surface area contributed by atoms with Gasteiger partial charge in [-0.05, 0) is 23.9 Å². The highest BCUT2D eigenvalue weighted by molar-refractivity contribution is 8.13. The van der Waals surface area contributed by atoms with E-state index in [0.717, 1.165) is 11.8 Å². The average molecular weight is 220 g/mol. The SMILES string of the molecule is CC(=O)Sc1coc2ccccc2c1=O. The summed E-state index contributed by atoms with van der Waals surface area (Å²) >= 11 is 0.895. The van der Waals surface area contributed by atoms with E-state index in [9.17, 15) is 9.59 Å². The Hall–Kier alpha value is -1.55. The van der Waals surface area contributed by atoms with Gasteiger partial charge in [0.05, 0.1) is 10.3 Å². The minimum absolute atomic E-state index is 0.127. The Balaban J connectivity index is 2.65. The van der Waals surface area contributed by atoms with E-state index in [-0.39, 0.29) is 10.5 Å². The largest absolute Gasteiger partial charge is 0.463 e. The maximum atomic E-state index is 11.8. The molecule has 0 atom stereocenters. The number of carbonyl (C=O) groups excluding carboxylic acids is 1. The summed E-state index contributed by atoms with van der Waals surface area (Å²) in [6, 6.07) is 6.97. The van der Waals surface area contributed by atoms with Crippen molar-refractivity contribution in [1.29, 1.82) is 0 Å². The molecule has 0 radical (unpaired) electrons. The summed E-state index contributed by atoms with van der Waals surface area (Å²) in [7, 11) is 0. The van der Waals surface area contributed by atoms with Crippen LogP contribution in [0.2, 0.25) is 0 Å². The third kappa shape index (κ3) is 1.94. The predicted molar refractivity (Wildman–Crippen MR) is 59.0 cm³/mol. The number of hydrogen-bond donors (Lipinski definition) is 0. The van der Waals surface area contributed by atoms with Crippen molar-refractivity contribution >= 4 is 27.8 Å². The van der Waals surface area contributed by atoms with Crippen LogP contribution in [0.15, 0.2) is 44.6 Å². The summed E-state index contributed by atoms with van der Waals surface area (Å²) < 4.78 is 5.25. The van der Waals surface area contributed by atoms with E-state index < -0.39 is 0 Å². The first-order chi connectivity index (χ1) is 7.18. The Bertz CT molecular complexity index is 571. The summed E-state index contributed by atoms with van der Waals surface area (Å²) in [5.74, 6) is 0. The highest BCUT2D eigenvalue weighted by Gasteiger charge is 2.08. The van der Waals surface area contributed by atoms with Crippen LogP contribution in [-0.2, 0) is 4.79 Å². The lowest BCUT2D eigenvalue weighted by Gasteiger charge is -1.98. The molecule has 1 aromatic heterocycles. The second kappa shape index (κ2) is 3.90. The number of fused-ring (bicyclic) bond motifs is 1. The smallest absolute Gasteiger partial charge is 0.206 e. The van der Waals surface area contributed by atoms with Crippen LogP contribution in [0.1, 0.15) is 6.92 Å². The second-order valence-corrected chi connectivity index (χ2v) is 4.24. The van der Waals surface area contributed by atoms with Gasteiger partial charge >= 0.3 is 0 Å². The van der Waals surface area contributed by atoms with E-state index in [4.69, 9.17) is 4.42 Å². The molecule has 4 heteroatoms. The van der Waals surface area contributed by atoms with E-state index in [1.54, 1.807) is 24.3 Å². The van der Waals surface area contributed by atoms with Crippen molar-refractivity contribution in [2.45, 2.75) is 11.8 Å². The van der Waals surface area contributed by atoms with Gasteiger partial charge in [0, 0.05) is 6.92 Å². The lowest BCUT2D eigenvalue weighted by Crippen LogP contribution is -2.04. The zero-order valence-electron chi connectivity index (χ0n) is 8.02. The van der Waals surface area contributed by atoms with Crippen molar-refractivity contribution in [1.82, 2.24) is 0 Å². The first-order valence-corrected chi connectivity index (χ1v) is 5.19. The van der Waals surface area contributed by atoms with Crippen LogP contribution in [0.25, 0.3) is 11.0 Å². The van der Waals surface area contributed by atoms with Crippen LogP contribution in [-0.4, -0.2) is 5.12 Å². The summed E-state index contributed by atoms with van der Waals surface area (Å²) in [5, 5.41) is 0.376. The molecule has 0 aliphatic carbocycles. The number of benzene rings is 1. The number of hydrogen-bond acceptors (Lipinski definition) is 4. The number of para-hydroxylation sites is 1. The van der Waals surface area contributed by atoms with E-state index >= 15 is 0 Å². The molecule has 2 rings (SSSR count). The molecule has 0 amide bonds. The quantitative estimate of drug-likeness (QED) is 0.692. The molecule has 0 saturated heterocycles. The van der Waals surface area contributed by atoms with Gasteiger partial charge in [0.15, 0.2) is 5.12 Å². The minimum Gasteiger partial charge on any atom is -0.463 e. The van der Waals surface area contributed by atoms with Gasteiger partial charge in [-0.2, -0.15) is 0 Å². The van der Waals surface area contributed by atoms with Crippen molar-refractivity contribution in [2.75, 3.05) is 0 Å². The maximum absolute atomic E-state index is 11.8. The van der Waals surface area contributed by atoms with Crippen LogP contribution < -0.4 is 5.43 Å². The summed E-state index contributed by atoms with van der Waals surface area (Å²) in [6.07, 6.45) is 1.33. The van der Waals surface area contributed by atoms with Crippen LogP contribution in [0.5, 0.6) is 0 Å². The lowest BCUT2D eigenvalue weighted by atomic mass is 10.2. The highest BCUT2D eigenvalue weighted by atomic mass is 32.2. The molecule has 0 aliphatic heterocycles. The molecule has 1 aromatic carbocycles. The van der Waals surface area contributed by atoms with Gasteiger partial charge < -0.3 is 4.42 Å². The fraction of sp³-hybridized carbons (Fsp3) is 0.0909. The topological polar surface area (TPSA) is 47.3 Å². The zero-order chi connectivity index (χ0) is 10.8. The summed E-state index contributed by atoms with van der Waals surface area (Å²) in [6.45, 7) is 1.42. The Labute approximate surface area is 90.1 Å². The summed E-state index contributed by atoms with van der Waals surface area (Å²) in [5.41, 5.74) is 0.382. The predicted octanol–water partition coefficient (Wildman–Crippen LogP) is 2.43. The molecular weight excluding hydrogens is 212 g/mol. The molecule has 0 N–H and O–H groups in total. The molecule has 1 heterocycles. The molecule has 0 unspecified atom stereocenters. The number of rotatable bonds is 1. The summed E-state index contributed by atoms with van der Waals surface area (Å²) in [4.78, 5) is 23.0. The van der Waals surface area contributed by atoms with Gasteiger partial charge in [0.2, 0.25) is 5.43 Å². The highest BCUT2D eigenvalue weighted by Crippen LogP contribution is 2.18. The Kier molecular flexibility index (Phi) is 2.60. The van der Waals surface area contributed by atoms with E-state index in [1.165, 1.54) is 13.2 Å². The monoisotopic (exact) mass is 220 g/mol. The van der Waals surface area contributed by atoms with Crippen molar-refractivity contribution in [2.24, 2.45) is 0 Å². The van der Waals surface area contributed by atoms with Gasteiger partial charge in [0.25, 0.3) is 0 Å². The average Bonchev–Trinajstić information content (AvgIpc) is 2.22. The fourth-order valence-corrected chi connectivity index (χ4v) is 1.89. The maximum Gasteiger partial charge on any atom is 0.206 e. The van der Waals surface area contributed by atoms with Crippen molar-refractivity contribution < 1.29 is 9.21 Å². The molecule has 0 saturated carbocycles. The second-order valence-electron chi connectivity index (χ2n) is 3.02. The first kappa shape index (κ1) is 9.98. The molecule has 3 nitrogen and oxygen atoms in total. The van der Waals surface area contributed by atoms with Crippen molar-refractivity contribution in [3.05, 3.63) is 40.8 Å². The fourth-order valence-electron chi connectivity index (χ4n) is 1.29. The third-order valence-corrected chi connectivity index (χ3v) is 2.69. The molecule has 0 fully saturated rings. The van der Waals surface area contributed by atoms with Gasteiger partial charge in [-0.25, -0.2) is 0 Å². The van der Waals surface area contributed by atoms with Gasteiger partial charge in [0.1, 0.15) is 11.8 Å². The first-order valence-electron chi connectivity index (χ1n) is 4.37. The molecule has 0 aliphatic rings. The molecule has 76 valence electrons. The number of carbonyl (C=O) groups is 1. The van der Waals surface area contributed by atoms with E-state index in [0.29, 0.717) is 15.9 Å². The van der Waals surface area contributed by atoms with Crippen molar-refractivity contribution in [3.63, 3.8) is 0 Å². The molecule has 0 spiro atoms.